The summed E-state index contributed by atoms with van der Waals surface area (Å²) in [5, 5.41) is 10.2. The minimum atomic E-state index is -0.504. The van der Waals surface area contributed by atoms with E-state index in [4.69, 9.17) is 0 Å². The molecule has 0 radical (unpaired) electrons. The molecule has 0 heterocycles. The second-order valence-corrected chi connectivity index (χ2v) is 6.55. The zero-order valence-electron chi connectivity index (χ0n) is 14.1. The van der Waals surface area contributed by atoms with Crippen molar-refractivity contribution in [3.63, 3.8) is 0 Å². The molecule has 0 atom stereocenters. The fourth-order valence-corrected chi connectivity index (χ4v) is 2.95. The van der Waals surface area contributed by atoms with E-state index in [0.29, 0.717) is 24.0 Å². The molecule has 1 aliphatic rings. The van der Waals surface area contributed by atoms with Crippen LogP contribution in [0.25, 0.3) is 12.2 Å². The van der Waals surface area contributed by atoms with Gasteiger partial charge >= 0.3 is 0 Å². The Morgan fingerprint density at radius 2 is 1.17 bits per heavy atom. The van der Waals surface area contributed by atoms with Crippen molar-refractivity contribution in [2.75, 3.05) is 0 Å². The van der Waals surface area contributed by atoms with E-state index in [1.54, 1.807) is 0 Å². The Kier molecular flexibility index (Phi) is 4.77. The molecular formula is C22H22O2. The lowest BCUT2D eigenvalue weighted by molar-refractivity contribution is -0.113. The van der Waals surface area contributed by atoms with Crippen LogP contribution in [0, 0.1) is 13.8 Å². The molecule has 2 heteroatoms. The molecule has 0 saturated heterocycles. The van der Waals surface area contributed by atoms with Crippen LogP contribution >= 0.6 is 0 Å². The molecule has 0 unspecified atom stereocenters. The van der Waals surface area contributed by atoms with Gasteiger partial charge in [-0.05, 0) is 37.1 Å². The summed E-state index contributed by atoms with van der Waals surface area (Å²) in [6.07, 6.45) is 4.12. The zero-order chi connectivity index (χ0) is 17.1. The Balaban J connectivity index is 1.90. The number of aliphatic hydroxyl groups is 1. The molecule has 1 N–H and O–H groups in total. The Morgan fingerprint density at radius 3 is 1.54 bits per heavy atom. The average Bonchev–Trinajstić information content (AvgIpc) is 2.56. The van der Waals surface area contributed by atoms with Crippen molar-refractivity contribution in [2.45, 2.75) is 32.8 Å². The second kappa shape index (κ2) is 6.98. The van der Waals surface area contributed by atoms with Gasteiger partial charge in [0.05, 0.1) is 6.10 Å². The number of rotatable bonds is 2. The molecule has 1 saturated carbocycles. The third-order valence-corrected chi connectivity index (χ3v) is 4.33. The smallest absolute Gasteiger partial charge is 0.185 e. The molecule has 1 fully saturated rings. The minimum Gasteiger partial charge on any atom is -0.392 e. The summed E-state index contributed by atoms with van der Waals surface area (Å²) in [5.41, 5.74) is 5.71. The van der Waals surface area contributed by atoms with E-state index in [2.05, 4.69) is 0 Å². The first-order chi connectivity index (χ1) is 11.5. The number of benzene rings is 2. The quantitative estimate of drug-likeness (QED) is 0.828. The topological polar surface area (TPSA) is 37.3 Å². The van der Waals surface area contributed by atoms with E-state index < -0.39 is 6.10 Å². The van der Waals surface area contributed by atoms with Crippen molar-refractivity contribution in [2.24, 2.45) is 0 Å². The molecule has 122 valence electrons. The molecule has 0 amide bonds. The van der Waals surface area contributed by atoms with Gasteiger partial charge in [0.2, 0.25) is 0 Å². The maximum Gasteiger partial charge on any atom is 0.185 e. The van der Waals surface area contributed by atoms with Crippen LogP contribution in [0.2, 0.25) is 0 Å². The summed E-state index contributed by atoms with van der Waals surface area (Å²) >= 11 is 0. The summed E-state index contributed by atoms with van der Waals surface area (Å²) in [7, 11) is 0. The molecule has 0 bridgehead atoms. The molecule has 0 aliphatic heterocycles. The van der Waals surface area contributed by atoms with Gasteiger partial charge in [0.15, 0.2) is 5.78 Å². The van der Waals surface area contributed by atoms with E-state index in [-0.39, 0.29) is 5.78 Å². The van der Waals surface area contributed by atoms with Crippen LogP contribution in [0.15, 0.2) is 59.7 Å². The molecule has 2 nitrogen and oxygen atoms in total. The molecule has 0 spiro atoms. The number of carbonyl (C=O) groups excluding carboxylic acids is 1. The van der Waals surface area contributed by atoms with Crippen molar-refractivity contribution < 1.29 is 9.90 Å². The monoisotopic (exact) mass is 318 g/mol. The van der Waals surface area contributed by atoms with Gasteiger partial charge in [-0.2, -0.15) is 0 Å². The Labute approximate surface area is 143 Å². The number of aliphatic hydroxyl groups excluding tert-OH is 1. The maximum atomic E-state index is 12.8. The first kappa shape index (κ1) is 16.4. The number of carbonyl (C=O) groups is 1. The van der Waals surface area contributed by atoms with E-state index >= 15 is 0 Å². The van der Waals surface area contributed by atoms with Gasteiger partial charge in [0.25, 0.3) is 0 Å². The second-order valence-electron chi connectivity index (χ2n) is 6.55. The fourth-order valence-electron chi connectivity index (χ4n) is 2.95. The predicted octanol–water partition coefficient (Wildman–Crippen LogP) is 4.49. The third-order valence-electron chi connectivity index (χ3n) is 4.33. The summed E-state index contributed by atoms with van der Waals surface area (Å²) in [6.45, 7) is 4.07. The molecular weight excluding hydrogens is 296 g/mol. The first-order valence-electron chi connectivity index (χ1n) is 8.28. The Morgan fingerprint density at radius 1 is 0.792 bits per heavy atom. The van der Waals surface area contributed by atoms with Gasteiger partial charge in [-0.15, -0.1) is 0 Å². The van der Waals surface area contributed by atoms with Crippen LogP contribution in [0.1, 0.15) is 35.1 Å². The van der Waals surface area contributed by atoms with E-state index in [1.807, 2.05) is 74.5 Å². The van der Waals surface area contributed by atoms with Gasteiger partial charge in [-0.3, -0.25) is 4.79 Å². The molecule has 2 aromatic rings. The van der Waals surface area contributed by atoms with Crippen molar-refractivity contribution in [3.8, 4) is 0 Å². The highest BCUT2D eigenvalue weighted by atomic mass is 16.3. The number of aryl methyl sites for hydroxylation is 2. The summed E-state index contributed by atoms with van der Waals surface area (Å²) < 4.78 is 0. The van der Waals surface area contributed by atoms with Crippen LogP contribution in [-0.2, 0) is 4.79 Å². The van der Waals surface area contributed by atoms with Crippen molar-refractivity contribution >= 4 is 17.9 Å². The minimum absolute atomic E-state index is 0.0430. The SMILES string of the molecule is Cc1ccc(/C=C2\CC(O)C/C(=C\c3ccc(C)cc3)C2=O)cc1. The highest BCUT2D eigenvalue weighted by Crippen LogP contribution is 2.28. The largest absolute Gasteiger partial charge is 0.392 e. The number of hydrogen-bond acceptors (Lipinski definition) is 2. The lowest BCUT2D eigenvalue weighted by Gasteiger charge is -2.21. The van der Waals surface area contributed by atoms with Crippen molar-refractivity contribution in [1.82, 2.24) is 0 Å². The average molecular weight is 318 g/mol. The Bertz CT molecular complexity index is 725. The summed E-state index contributed by atoms with van der Waals surface area (Å²) in [4.78, 5) is 12.8. The van der Waals surface area contributed by atoms with Gasteiger partial charge in [-0.25, -0.2) is 0 Å². The molecule has 2 aromatic carbocycles. The van der Waals surface area contributed by atoms with Gasteiger partial charge in [0.1, 0.15) is 0 Å². The predicted molar refractivity (Wildman–Crippen MR) is 98.6 cm³/mol. The van der Waals surface area contributed by atoms with Crippen LogP contribution in [0.3, 0.4) is 0 Å². The third kappa shape index (κ3) is 3.90. The molecule has 24 heavy (non-hydrogen) atoms. The lowest BCUT2D eigenvalue weighted by atomic mass is 9.85. The highest BCUT2D eigenvalue weighted by molar-refractivity contribution is 6.14. The first-order valence-corrected chi connectivity index (χ1v) is 8.28. The molecule has 0 aromatic heterocycles. The van der Waals surface area contributed by atoms with E-state index in [9.17, 15) is 9.90 Å². The molecule has 3 rings (SSSR count). The van der Waals surface area contributed by atoms with Gasteiger partial charge in [-0.1, -0.05) is 59.7 Å². The normalized spacial score (nSPS) is 21.5. The number of hydrogen-bond donors (Lipinski definition) is 1. The van der Waals surface area contributed by atoms with Crippen molar-refractivity contribution in [3.05, 3.63) is 81.9 Å². The standard InChI is InChI=1S/C22H22O2/c1-15-3-7-17(8-4-15)11-19-13-21(23)14-20(22(19)24)12-18-9-5-16(2)6-10-18/h3-12,21,23H,13-14H2,1-2H3/b19-11+,20-12+. The van der Waals surface area contributed by atoms with Crippen LogP contribution in [0.4, 0.5) is 0 Å². The summed E-state index contributed by atoms with van der Waals surface area (Å²) in [6, 6.07) is 16.1. The van der Waals surface area contributed by atoms with Gasteiger partial charge < -0.3 is 5.11 Å². The van der Waals surface area contributed by atoms with Crippen LogP contribution in [-0.4, -0.2) is 17.0 Å². The van der Waals surface area contributed by atoms with Crippen LogP contribution < -0.4 is 0 Å². The van der Waals surface area contributed by atoms with Gasteiger partial charge in [0, 0.05) is 24.0 Å². The number of ketones is 1. The van der Waals surface area contributed by atoms with Crippen molar-refractivity contribution in [1.29, 1.82) is 0 Å². The molecule has 1 aliphatic carbocycles. The Hall–Kier alpha value is -2.45. The van der Waals surface area contributed by atoms with E-state index in [1.165, 1.54) is 11.1 Å². The summed E-state index contributed by atoms with van der Waals surface area (Å²) in [5.74, 6) is 0.0430. The lowest BCUT2D eigenvalue weighted by Crippen LogP contribution is -2.23. The highest BCUT2D eigenvalue weighted by Gasteiger charge is 2.26. The van der Waals surface area contributed by atoms with E-state index in [0.717, 1.165) is 11.1 Å². The zero-order valence-corrected chi connectivity index (χ0v) is 14.1. The van der Waals surface area contributed by atoms with Crippen LogP contribution in [0.5, 0.6) is 0 Å². The number of Topliss-reactive ketones (excluding diaryl/α,β-unsaturated/α-hetero) is 1. The fraction of sp³-hybridized carbons (Fsp3) is 0.227. The maximum absolute atomic E-state index is 12.8.